The van der Waals surface area contributed by atoms with Gasteiger partial charge in [-0.25, -0.2) is 4.79 Å². The SMILES string of the molecule is O=C(O)C1=CCC2C(=O)C3=C(C=CCC3)C(=O)C2=C1. The van der Waals surface area contributed by atoms with E-state index in [1.54, 1.807) is 6.08 Å². The van der Waals surface area contributed by atoms with Gasteiger partial charge in [-0.15, -0.1) is 0 Å². The Morgan fingerprint density at radius 3 is 2.84 bits per heavy atom. The Bertz CT molecular complexity index is 629. The summed E-state index contributed by atoms with van der Waals surface area (Å²) in [5, 5.41) is 8.98. The average molecular weight is 256 g/mol. The van der Waals surface area contributed by atoms with Crippen LogP contribution < -0.4 is 0 Å². The Morgan fingerprint density at radius 1 is 1.32 bits per heavy atom. The molecular formula is C15H12O4. The standard InChI is InChI=1S/C15H12O4/c16-13-9-3-1-2-4-10(9)14(17)12-7-8(15(18)19)5-6-11(12)13/h2,4-5,7,11H,1,3,6H2,(H,18,19). The maximum Gasteiger partial charge on any atom is 0.335 e. The Morgan fingerprint density at radius 2 is 2.11 bits per heavy atom. The second-order valence-corrected chi connectivity index (χ2v) is 4.88. The molecule has 1 N–H and O–H groups in total. The van der Waals surface area contributed by atoms with Crippen molar-refractivity contribution in [2.24, 2.45) is 5.92 Å². The highest BCUT2D eigenvalue weighted by molar-refractivity contribution is 6.24. The minimum Gasteiger partial charge on any atom is -0.478 e. The van der Waals surface area contributed by atoms with E-state index in [1.165, 1.54) is 12.2 Å². The molecule has 0 saturated heterocycles. The van der Waals surface area contributed by atoms with Crippen LogP contribution >= 0.6 is 0 Å². The van der Waals surface area contributed by atoms with Crippen molar-refractivity contribution in [1.29, 1.82) is 0 Å². The van der Waals surface area contributed by atoms with Crippen molar-refractivity contribution in [2.75, 3.05) is 0 Å². The molecule has 1 unspecified atom stereocenters. The number of hydrogen-bond acceptors (Lipinski definition) is 3. The molecule has 0 aromatic rings. The minimum atomic E-state index is -1.06. The first kappa shape index (κ1) is 11.8. The second kappa shape index (κ2) is 4.16. The van der Waals surface area contributed by atoms with Crippen LogP contribution in [0, 0.1) is 5.92 Å². The van der Waals surface area contributed by atoms with E-state index in [0.29, 0.717) is 29.6 Å². The molecule has 3 aliphatic carbocycles. The van der Waals surface area contributed by atoms with Crippen molar-refractivity contribution < 1.29 is 19.5 Å². The molecule has 0 fully saturated rings. The summed E-state index contributed by atoms with van der Waals surface area (Å²) in [5.41, 5.74) is 1.48. The highest BCUT2D eigenvalue weighted by atomic mass is 16.4. The number of Topliss-reactive ketones (excluding diaryl/α,β-unsaturated/α-hetero) is 2. The molecule has 0 amide bonds. The lowest BCUT2D eigenvalue weighted by atomic mass is 9.71. The molecule has 0 aromatic carbocycles. The summed E-state index contributed by atoms with van der Waals surface area (Å²) >= 11 is 0. The normalized spacial score (nSPS) is 25.6. The van der Waals surface area contributed by atoms with Gasteiger partial charge in [-0.3, -0.25) is 9.59 Å². The molecule has 0 saturated carbocycles. The lowest BCUT2D eigenvalue weighted by molar-refractivity contribution is -0.132. The van der Waals surface area contributed by atoms with Crippen molar-refractivity contribution in [2.45, 2.75) is 19.3 Å². The Kier molecular flexibility index (Phi) is 2.59. The summed E-state index contributed by atoms with van der Waals surface area (Å²) in [7, 11) is 0. The number of carbonyl (C=O) groups is 3. The molecular weight excluding hydrogens is 244 g/mol. The van der Waals surface area contributed by atoms with E-state index >= 15 is 0 Å². The van der Waals surface area contributed by atoms with Crippen molar-refractivity contribution in [3.8, 4) is 0 Å². The van der Waals surface area contributed by atoms with Gasteiger partial charge in [-0.05, 0) is 25.3 Å². The van der Waals surface area contributed by atoms with Gasteiger partial charge in [-0.2, -0.15) is 0 Å². The molecule has 19 heavy (non-hydrogen) atoms. The summed E-state index contributed by atoms with van der Waals surface area (Å²) in [5.74, 6) is -1.76. The lowest BCUT2D eigenvalue weighted by Gasteiger charge is -2.29. The Balaban J connectivity index is 2.10. The van der Waals surface area contributed by atoms with Gasteiger partial charge in [0.2, 0.25) is 0 Å². The van der Waals surface area contributed by atoms with Crippen LogP contribution in [-0.2, 0) is 14.4 Å². The van der Waals surface area contributed by atoms with E-state index < -0.39 is 11.9 Å². The van der Waals surface area contributed by atoms with E-state index in [0.717, 1.165) is 6.42 Å². The highest BCUT2D eigenvalue weighted by Gasteiger charge is 2.39. The summed E-state index contributed by atoms with van der Waals surface area (Å²) in [4.78, 5) is 35.7. The predicted octanol–water partition coefficient (Wildman–Crippen LogP) is 1.74. The summed E-state index contributed by atoms with van der Waals surface area (Å²) in [6, 6.07) is 0. The number of carbonyl (C=O) groups excluding carboxylic acids is 2. The maximum absolute atomic E-state index is 12.4. The number of allylic oxidation sites excluding steroid dienone is 6. The van der Waals surface area contributed by atoms with Crippen LogP contribution in [0.1, 0.15) is 19.3 Å². The lowest BCUT2D eigenvalue weighted by Crippen LogP contribution is -2.33. The summed E-state index contributed by atoms with van der Waals surface area (Å²) in [6.07, 6.45) is 8.12. The van der Waals surface area contributed by atoms with Crippen molar-refractivity contribution >= 4 is 17.5 Å². The molecule has 0 spiro atoms. The first-order valence-corrected chi connectivity index (χ1v) is 6.23. The van der Waals surface area contributed by atoms with Gasteiger partial charge in [0.1, 0.15) is 0 Å². The largest absolute Gasteiger partial charge is 0.478 e. The molecule has 3 rings (SSSR count). The predicted molar refractivity (Wildman–Crippen MR) is 67.3 cm³/mol. The third-order valence-electron chi connectivity index (χ3n) is 3.80. The highest BCUT2D eigenvalue weighted by Crippen LogP contribution is 2.38. The quantitative estimate of drug-likeness (QED) is 0.775. The van der Waals surface area contributed by atoms with Gasteiger partial charge >= 0.3 is 5.97 Å². The molecule has 3 aliphatic rings. The number of ketones is 2. The van der Waals surface area contributed by atoms with E-state index in [2.05, 4.69) is 0 Å². The van der Waals surface area contributed by atoms with Crippen molar-refractivity contribution in [3.05, 3.63) is 46.6 Å². The molecule has 4 nitrogen and oxygen atoms in total. The van der Waals surface area contributed by atoms with Crippen molar-refractivity contribution in [3.63, 3.8) is 0 Å². The van der Waals surface area contributed by atoms with Gasteiger partial charge in [0.25, 0.3) is 0 Å². The fourth-order valence-corrected chi connectivity index (χ4v) is 2.82. The van der Waals surface area contributed by atoms with E-state index in [4.69, 9.17) is 5.11 Å². The van der Waals surface area contributed by atoms with Crippen LogP contribution in [0.3, 0.4) is 0 Å². The van der Waals surface area contributed by atoms with Gasteiger partial charge in [-0.1, -0.05) is 18.2 Å². The zero-order valence-corrected chi connectivity index (χ0v) is 10.2. The molecule has 96 valence electrons. The zero-order valence-electron chi connectivity index (χ0n) is 10.2. The van der Waals surface area contributed by atoms with Gasteiger partial charge < -0.3 is 5.11 Å². The van der Waals surface area contributed by atoms with Gasteiger partial charge in [0, 0.05) is 16.7 Å². The number of rotatable bonds is 1. The Hall–Kier alpha value is -2.23. The topological polar surface area (TPSA) is 71.4 Å². The second-order valence-electron chi connectivity index (χ2n) is 4.88. The fourth-order valence-electron chi connectivity index (χ4n) is 2.82. The molecule has 0 aliphatic heterocycles. The molecule has 0 bridgehead atoms. The van der Waals surface area contributed by atoms with Crippen LogP contribution in [-0.4, -0.2) is 22.6 Å². The number of aliphatic carboxylic acids is 1. The van der Waals surface area contributed by atoms with Crippen LogP contribution in [0.4, 0.5) is 0 Å². The monoisotopic (exact) mass is 256 g/mol. The summed E-state index contributed by atoms with van der Waals surface area (Å²) < 4.78 is 0. The number of carboxylic acid groups (broad SMARTS) is 1. The van der Waals surface area contributed by atoms with Crippen LogP contribution in [0.15, 0.2) is 46.6 Å². The van der Waals surface area contributed by atoms with Gasteiger partial charge in [0.15, 0.2) is 11.6 Å². The van der Waals surface area contributed by atoms with Gasteiger partial charge in [0.05, 0.1) is 11.5 Å². The van der Waals surface area contributed by atoms with E-state index in [9.17, 15) is 14.4 Å². The molecule has 4 heteroatoms. The molecule has 0 heterocycles. The number of carboxylic acids is 1. The van der Waals surface area contributed by atoms with Crippen LogP contribution in [0.5, 0.6) is 0 Å². The first-order chi connectivity index (χ1) is 9.09. The number of hydrogen-bond donors (Lipinski definition) is 1. The molecule has 0 radical (unpaired) electrons. The van der Waals surface area contributed by atoms with E-state index in [-0.39, 0.29) is 17.1 Å². The maximum atomic E-state index is 12.4. The third kappa shape index (κ3) is 1.71. The summed E-state index contributed by atoms with van der Waals surface area (Å²) in [6.45, 7) is 0. The fraction of sp³-hybridized carbons (Fsp3) is 0.267. The molecule has 0 aromatic heterocycles. The van der Waals surface area contributed by atoms with Crippen LogP contribution in [0.2, 0.25) is 0 Å². The first-order valence-electron chi connectivity index (χ1n) is 6.23. The third-order valence-corrected chi connectivity index (χ3v) is 3.80. The van der Waals surface area contributed by atoms with Crippen molar-refractivity contribution in [1.82, 2.24) is 0 Å². The molecule has 1 atom stereocenters. The average Bonchev–Trinajstić information content (AvgIpc) is 2.44. The van der Waals surface area contributed by atoms with E-state index in [1.807, 2.05) is 6.08 Å². The zero-order chi connectivity index (χ0) is 13.6. The van der Waals surface area contributed by atoms with Crippen LogP contribution in [0.25, 0.3) is 0 Å². The number of fused-ring (bicyclic) bond motifs is 1. The Labute approximate surface area is 109 Å². The minimum absolute atomic E-state index is 0.0223. The smallest absolute Gasteiger partial charge is 0.335 e.